The van der Waals surface area contributed by atoms with E-state index in [1.807, 2.05) is 18.2 Å². The van der Waals surface area contributed by atoms with E-state index < -0.39 is 23.2 Å². The van der Waals surface area contributed by atoms with Gasteiger partial charge in [0.2, 0.25) is 5.78 Å². The van der Waals surface area contributed by atoms with E-state index in [0.29, 0.717) is 19.4 Å². The predicted molar refractivity (Wildman–Crippen MR) is 81.4 cm³/mol. The van der Waals surface area contributed by atoms with Gasteiger partial charge in [-0.2, -0.15) is 0 Å². The van der Waals surface area contributed by atoms with Crippen molar-refractivity contribution in [3.05, 3.63) is 35.9 Å². The van der Waals surface area contributed by atoms with Gasteiger partial charge in [-0.1, -0.05) is 37.3 Å². The third-order valence-electron chi connectivity index (χ3n) is 4.41. The minimum atomic E-state index is -1.23. The van der Waals surface area contributed by atoms with Gasteiger partial charge in [0.05, 0.1) is 0 Å². The zero-order valence-corrected chi connectivity index (χ0v) is 12.7. The molecule has 0 aromatic heterocycles. The van der Waals surface area contributed by atoms with Crippen molar-refractivity contribution in [3.63, 3.8) is 0 Å². The molecule has 1 amide bonds. The number of hydrogen-bond donors (Lipinski definition) is 1. The lowest BCUT2D eigenvalue weighted by molar-refractivity contribution is -0.164. The van der Waals surface area contributed by atoms with E-state index >= 15 is 0 Å². The summed E-state index contributed by atoms with van der Waals surface area (Å²) in [7, 11) is 0. The molecular formula is C17H21NO4. The first-order valence-electron chi connectivity index (χ1n) is 7.63. The summed E-state index contributed by atoms with van der Waals surface area (Å²) in [6.07, 6.45) is 2.22. The molecule has 0 saturated carbocycles. The Labute approximate surface area is 129 Å². The van der Waals surface area contributed by atoms with Crippen LogP contribution in [0.3, 0.4) is 0 Å². The van der Waals surface area contributed by atoms with Crippen LogP contribution < -0.4 is 0 Å². The third-order valence-corrected chi connectivity index (χ3v) is 4.41. The molecule has 1 aromatic rings. The van der Waals surface area contributed by atoms with Gasteiger partial charge in [0.15, 0.2) is 0 Å². The quantitative estimate of drug-likeness (QED) is 0.845. The lowest BCUT2D eigenvalue weighted by Gasteiger charge is -2.43. The Hall–Kier alpha value is -2.17. The molecule has 5 heteroatoms. The van der Waals surface area contributed by atoms with Crippen molar-refractivity contribution in [2.24, 2.45) is 0 Å². The molecule has 0 aliphatic carbocycles. The molecule has 0 bridgehead atoms. The summed E-state index contributed by atoms with van der Waals surface area (Å²) in [5.41, 5.74) is -0.475. The van der Waals surface area contributed by atoms with Crippen LogP contribution in [0.25, 0.3) is 0 Å². The number of ketones is 1. The highest BCUT2D eigenvalue weighted by Gasteiger charge is 2.47. The second kappa shape index (κ2) is 6.73. The number of hydrogen-bond acceptors (Lipinski definition) is 3. The average Bonchev–Trinajstić information content (AvgIpc) is 2.54. The molecule has 1 aliphatic rings. The monoisotopic (exact) mass is 303 g/mol. The minimum Gasteiger partial charge on any atom is -0.479 e. The van der Waals surface area contributed by atoms with Gasteiger partial charge in [-0.15, -0.1) is 0 Å². The number of carboxylic acids is 1. The van der Waals surface area contributed by atoms with Crippen molar-refractivity contribution in [1.82, 2.24) is 4.90 Å². The van der Waals surface area contributed by atoms with Gasteiger partial charge in [0, 0.05) is 13.0 Å². The van der Waals surface area contributed by atoms with Crippen LogP contribution in [-0.4, -0.2) is 39.7 Å². The number of carbonyl (C=O) groups excluding carboxylic acids is 2. The summed E-state index contributed by atoms with van der Waals surface area (Å²) in [4.78, 5) is 37.7. The number of rotatable bonds is 5. The molecule has 1 heterocycles. The fourth-order valence-electron chi connectivity index (χ4n) is 3.08. The molecule has 1 fully saturated rings. The number of benzene rings is 1. The van der Waals surface area contributed by atoms with E-state index in [9.17, 15) is 19.5 Å². The maximum absolute atomic E-state index is 12.5. The maximum atomic E-state index is 12.5. The number of aliphatic carboxylic acids is 1. The molecular weight excluding hydrogens is 282 g/mol. The summed E-state index contributed by atoms with van der Waals surface area (Å²) in [6, 6.07) is 9.02. The minimum absolute atomic E-state index is 0.00951. The molecule has 1 aromatic carbocycles. The van der Waals surface area contributed by atoms with Gasteiger partial charge in [0.25, 0.3) is 5.91 Å². The summed E-state index contributed by atoms with van der Waals surface area (Å²) in [6.45, 7) is 2.08. The Morgan fingerprint density at radius 2 is 1.86 bits per heavy atom. The normalized spacial score (nSPS) is 21.4. The SMILES string of the molecule is CCC1(C(=O)O)CCCCN1C(=O)C(=O)Cc1ccccc1. The van der Waals surface area contributed by atoms with E-state index in [1.165, 1.54) is 4.90 Å². The summed E-state index contributed by atoms with van der Waals surface area (Å²) >= 11 is 0. The lowest BCUT2D eigenvalue weighted by atomic mass is 9.83. The van der Waals surface area contributed by atoms with Crippen molar-refractivity contribution in [2.45, 2.75) is 44.6 Å². The number of likely N-dealkylation sites (tertiary alicyclic amines) is 1. The molecule has 1 aliphatic heterocycles. The standard InChI is InChI=1S/C17H21NO4/c1-2-17(16(21)22)10-6-7-11-18(17)15(20)14(19)12-13-8-4-3-5-9-13/h3-5,8-9H,2,6-7,10-12H2,1H3,(H,21,22). The van der Waals surface area contributed by atoms with E-state index in [-0.39, 0.29) is 6.42 Å². The van der Waals surface area contributed by atoms with E-state index in [1.54, 1.807) is 19.1 Å². The Kier molecular flexibility index (Phi) is 4.96. The fraction of sp³-hybridized carbons (Fsp3) is 0.471. The zero-order chi connectivity index (χ0) is 16.2. The first kappa shape index (κ1) is 16.2. The Balaban J connectivity index is 2.18. The summed E-state index contributed by atoms with van der Waals surface area (Å²) < 4.78 is 0. The van der Waals surface area contributed by atoms with Crippen molar-refractivity contribution >= 4 is 17.7 Å². The van der Waals surface area contributed by atoms with Crippen LogP contribution in [0.1, 0.15) is 38.2 Å². The van der Waals surface area contributed by atoms with E-state index in [4.69, 9.17) is 0 Å². The van der Waals surface area contributed by atoms with Crippen LogP contribution in [0.4, 0.5) is 0 Å². The Bertz CT molecular complexity index is 569. The topological polar surface area (TPSA) is 74.7 Å². The molecule has 5 nitrogen and oxygen atoms in total. The number of amides is 1. The van der Waals surface area contributed by atoms with Crippen LogP contribution in [-0.2, 0) is 20.8 Å². The number of piperidine rings is 1. The van der Waals surface area contributed by atoms with Crippen LogP contribution >= 0.6 is 0 Å². The molecule has 1 N–H and O–H groups in total. The molecule has 0 radical (unpaired) electrons. The van der Waals surface area contributed by atoms with Crippen LogP contribution in [0.5, 0.6) is 0 Å². The van der Waals surface area contributed by atoms with Gasteiger partial charge < -0.3 is 10.0 Å². The highest BCUT2D eigenvalue weighted by atomic mass is 16.4. The molecule has 1 unspecified atom stereocenters. The second-order valence-electron chi connectivity index (χ2n) is 5.69. The van der Waals surface area contributed by atoms with E-state index in [2.05, 4.69) is 0 Å². The number of Topliss-reactive ketones (excluding diaryl/α,β-unsaturated/α-hetero) is 1. The predicted octanol–water partition coefficient (Wildman–Crippen LogP) is 2.04. The largest absolute Gasteiger partial charge is 0.479 e. The van der Waals surface area contributed by atoms with Crippen molar-refractivity contribution in [2.75, 3.05) is 6.54 Å². The molecule has 0 spiro atoms. The van der Waals surface area contributed by atoms with Crippen LogP contribution in [0.2, 0.25) is 0 Å². The van der Waals surface area contributed by atoms with Crippen molar-refractivity contribution in [3.8, 4) is 0 Å². The smallest absolute Gasteiger partial charge is 0.329 e. The molecule has 1 atom stereocenters. The van der Waals surface area contributed by atoms with Crippen molar-refractivity contribution < 1.29 is 19.5 Å². The van der Waals surface area contributed by atoms with Crippen molar-refractivity contribution in [1.29, 1.82) is 0 Å². The van der Waals surface area contributed by atoms with Gasteiger partial charge in [-0.25, -0.2) is 4.79 Å². The molecule has 2 rings (SSSR count). The van der Waals surface area contributed by atoms with Gasteiger partial charge >= 0.3 is 5.97 Å². The highest BCUT2D eigenvalue weighted by molar-refractivity contribution is 6.37. The Morgan fingerprint density at radius 1 is 1.18 bits per heavy atom. The van der Waals surface area contributed by atoms with Crippen LogP contribution in [0, 0.1) is 0 Å². The third kappa shape index (κ3) is 3.03. The first-order valence-corrected chi connectivity index (χ1v) is 7.63. The number of carbonyl (C=O) groups is 3. The molecule has 1 saturated heterocycles. The number of nitrogens with zero attached hydrogens (tertiary/aromatic N) is 1. The summed E-state index contributed by atoms with van der Waals surface area (Å²) in [5, 5.41) is 9.57. The zero-order valence-electron chi connectivity index (χ0n) is 12.7. The van der Waals surface area contributed by atoms with Crippen LogP contribution in [0.15, 0.2) is 30.3 Å². The number of carboxylic acid groups (broad SMARTS) is 1. The Morgan fingerprint density at radius 3 is 2.45 bits per heavy atom. The second-order valence-corrected chi connectivity index (χ2v) is 5.69. The fourth-order valence-corrected chi connectivity index (χ4v) is 3.08. The maximum Gasteiger partial charge on any atom is 0.329 e. The first-order chi connectivity index (χ1) is 10.5. The van der Waals surface area contributed by atoms with Gasteiger partial charge in [-0.3, -0.25) is 9.59 Å². The van der Waals surface area contributed by atoms with Gasteiger partial charge in [0.1, 0.15) is 5.54 Å². The molecule has 22 heavy (non-hydrogen) atoms. The van der Waals surface area contributed by atoms with E-state index in [0.717, 1.165) is 18.4 Å². The molecule has 118 valence electrons. The summed E-state index contributed by atoms with van der Waals surface area (Å²) in [5.74, 6) is -2.24. The lowest BCUT2D eigenvalue weighted by Crippen LogP contribution is -2.60. The average molecular weight is 303 g/mol. The van der Waals surface area contributed by atoms with Gasteiger partial charge in [-0.05, 0) is 31.2 Å². The highest BCUT2D eigenvalue weighted by Crippen LogP contribution is 2.32.